The van der Waals surface area contributed by atoms with Crippen molar-refractivity contribution < 1.29 is 14.4 Å². The molecule has 142 valence electrons. The predicted molar refractivity (Wildman–Crippen MR) is 106 cm³/mol. The lowest BCUT2D eigenvalue weighted by molar-refractivity contribution is -0.385. The van der Waals surface area contributed by atoms with Crippen LogP contribution in [-0.4, -0.2) is 19.1 Å². The van der Waals surface area contributed by atoms with Crippen molar-refractivity contribution in [3.05, 3.63) is 74.8 Å². The summed E-state index contributed by atoms with van der Waals surface area (Å²) in [5.41, 5.74) is 9.08. The minimum absolute atomic E-state index is 0.0327. The van der Waals surface area contributed by atoms with E-state index in [2.05, 4.69) is 12.2 Å². The summed E-state index contributed by atoms with van der Waals surface area (Å²) in [4.78, 5) is 9.66. The summed E-state index contributed by atoms with van der Waals surface area (Å²) >= 11 is 1.36. The highest BCUT2D eigenvalue weighted by molar-refractivity contribution is 8.03. The number of thioether (sulfide) groups is 1. The van der Waals surface area contributed by atoms with Crippen LogP contribution in [0.3, 0.4) is 0 Å². The number of nitrogens with one attached hydrogen (secondary N) is 1. The topological polar surface area (TPSA) is 99.7 Å². The van der Waals surface area contributed by atoms with Crippen LogP contribution in [0.4, 0.5) is 5.69 Å². The average Bonchev–Trinajstić information content (AvgIpc) is 3.10. The van der Waals surface area contributed by atoms with Crippen LogP contribution in [0, 0.1) is 10.1 Å². The quantitative estimate of drug-likeness (QED) is 0.576. The predicted octanol–water partition coefficient (Wildman–Crippen LogP) is 3.66. The lowest BCUT2D eigenvalue weighted by atomic mass is 9.97. The van der Waals surface area contributed by atoms with Gasteiger partial charge in [-0.15, -0.1) is 0 Å². The van der Waals surface area contributed by atoms with Crippen molar-refractivity contribution in [3.8, 4) is 11.5 Å². The highest BCUT2D eigenvalue weighted by atomic mass is 32.2. The molecule has 0 saturated heterocycles. The summed E-state index contributed by atoms with van der Waals surface area (Å²) in [6.07, 6.45) is 0. The van der Waals surface area contributed by atoms with Gasteiger partial charge in [0, 0.05) is 23.7 Å². The number of hydrogen-bond acceptors (Lipinski definition) is 7. The summed E-state index contributed by atoms with van der Waals surface area (Å²) in [7, 11) is 3.15. The van der Waals surface area contributed by atoms with Gasteiger partial charge < -0.3 is 14.8 Å². The van der Waals surface area contributed by atoms with Crippen LogP contribution in [0.5, 0.6) is 11.5 Å². The molecule has 0 spiro atoms. The molecule has 0 radical (unpaired) electrons. The molecular weight excluding hydrogens is 366 g/mol. The fourth-order valence-electron chi connectivity index (χ4n) is 2.94. The van der Waals surface area contributed by atoms with Gasteiger partial charge in [0.05, 0.1) is 24.7 Å². The van der Waals surface area contributed by atoms with Gasteiger partial charge in [0.2, 0.25) is 0 Å². The first-order valence-corrected chi connectivity index (χ1v) is 9.17. The normalized spacial score (nSPS) is 19.8. The highest BCUT2D eigenvalue weighted by Gasteiger charge is 2.38. The van der Waals surface area contributed by atoms with Crippen LogP contribution >= 0.6 is 11.8 Å². The molecule has 2 unspecified atom stereocenters. The van der Waals surface area contributed by atoms with E-state index in [1.165, 1.54) is 31.0 Å². The Morgan fingerprint density at radius 2 is 1.89 bits per heavy atom. The Balaban J connectivity index is 1.86. The Morgan fingerprint density at radius 3 is 2.48 bits per heavy atom. The molecule has 2 aromatic carbocycles. The molecule has 0 amide bonds. The van der Waals surface area contributed by atoms with Crippen LogP contribution < -0.4 is 20.5 Å². The summed E-state index contributed by atoms with van der Waals surface area (Å²) in [6, 6.07) is 12.2. The first kappa shape index (κ1) is 19.1. The molecule has 3 rings (SSSR count). The molecule has 3 N–H and O–H groups in total. The molecular formula is C19H21N3O4S. The van der Waals surface area contributed by atoms with Gasteiger partial charge in [-0.2, -0.15) is 0 Å². The first-order valence-electron chi connectivity index (χ1n) is 8.29. The lowest BCUT2D eigenvalue weighted by Gasteiger charge is -2.28. The van der Waals surface area contributed by atoms with Gasteiger partial charge in [-0.1, -0.05) is 30.8 Å². The summed E-state index contributed by atoms with van der Waals surface area (Å²) in [5, 5.41) is 16.4. The molecule has 2 aromatic rings. The Morgan fingerprint density at radius 1 is 1.19 bits per heavy atom. The number of nitrogens with two attached hydrogens (primary N) is 1. The lowest BCUT2D eigenvalue weighted by Crippen LogP contribution is -2.44. The highest BCUT2D eigenvalue weighted by Crippen LogP contribution is 2.44. The second-order valence-corrected chi connectivity index (χ2v) is 7.30. The third kappa shape index (κ3) is 3.72. The average molecular weight is 387 g/mol. The molecule has 0 aliphatic carbocycles. The third-order valence-electron chi connectivity index (χ3n) is 4.58. The van der Waals surface area contributed by atoms with Gasteiger partial charge in [0.25, 0.3) is 5.69 Å². The van der Waals surface area contributed by atoms with E-state index in [0.29, 0.717) is 11.3 Å². The van der Waals surface area contributed by atoms with Gasteiger partial charge >= 0.3 is 0 Å². The SMILES string of the molecule is COc1ccc(C(C)C2=CSC(N)(c3cc([N+](=O)[O-])ccc3OC)N2)cc1. The Bertz CT molecular complexity index is 885. The maximum atomic E-state index is 11.2. The zero-order valence-electron chi connectivity index (χ0n) is 15.3. The zero-order chi connectivity index (χ0) is 19.6. The molecule has 27 heavy (non-hydrogen) atoms. The number of nitro benzene ring substituents is 1. The summed E-state index contributed by atoms with van der Waals surface area (Å²) in [6.45, 7) is 2.07. The second kappa shape index (κ2) is 7.50. The number of non-ortho nitro benzene ring substituents is 1. The minimum Gasteiger partial charge on any atom is -0.497 e. The van der Waals surface area contributed by atoms with E-state index in [9.17, 15) is 10.1 Å². The molecule has 0 aromatic heterocycles. The van der Waals surface area contributed by atoms with E-state index in [1.54, 1.807) is 13.2 Å². The van der Waals surface area contributed by atoms with Crippen molar-refractivity contribution in [1.82, 2.24) is 5.32 Å². The van der Waals surface area contributed by atoms with E-state index in [4.69, 9.17) is 15.2 Å². The number of methoxy groups -OCH3 is 2. The van der Waals surface area contributed by atoms with E-state index < -0.39 is 9.92 Å². The molecule has 1 heterocycles. The monoisotopic (exact) mass is 387 g/mol. The van der Waals surface area contributed by atoms with Crippen molar-refractivity contribution in [3.63, 3.8) is 0 Å². The van der Waals surface area contributed by atoms with Gasteiger partial charge in [-0.25, -0.2) is 0 Å². The Hall–Kier alpha value is -2.71. The first-order chi connectivity index (χ1) is 12.9. The van der Waals surface area contributed by atoms with Crippen molar-refractivity contribution in [2.24, 2.45) is 5.73 Å². The fourth-order valence-corrected chi connectivity index (χ4v) is 3.98. The minimum atomic E-state index is -1.05. The second-order valence-electron chi connectivity index (χ2n) is 6.19. The molecule has 0 fully saturated rings. The molecule has 7 nitrogen and oxygen atoms in total. The smallest absolute Gasteiger partial charge is 0.270 e. The van der Waals surface area contributed by atoms with Gasteiger partial charge in [0.15, 0.2) is 4.99 Å². The zero-order valence-corrected chi connectivity index (χ0v) is 16.1. The molecule has 0 bridgehead atoms. The van der Waals surface area contributed by atoms with Crippen molar-refractivity contribution in [2.45, 2.75) is 17.8 Å². The van der Waals surface area contributed by atoms with E-state index in [0.717, 1.165) is 17.0 Å². The number of nitro groups is 1. The largest absolute Gasteiger partial charge is 0.497 e. The number of benzene rings is 2. The molecule has 0 saturated carbocycles. The summed E-state index contributed by atoms with van der Waals surface area (Å²) in [5.74, 6) is 1.36. The van der Waals surface area contributed by atoms with Gasteiger partial charge in [0.1, 0.15) is 11.5 Å². The van der Waals surface area contributed by atoms with Gasteiger partial charge in [-0.3, -0.25) is 15.8 Å². The number of nitrogens with zero attached hydrogens (tertiary/aromatic N) is 1. The van der Waals surface area contributed by atoms with E-state index in [1.807, 2.05) is 29.7 Å². The van der Waals surface area contributed by atoms with Crippen molar-refractivity contribution in [2.75, 3.05) is 14.2 Å². The third-order valence-corrected chi connectivity index (χ3v) is 5.64. The number of allylic oxidation sites excluding steroid dienone is 1. The van der Waals surface area contributed by atoms with Crippen LogP contribution in [0.1, 0.15) is 24.0 Å². The molecule has 2 atom stereocenters. The van der Waals surface area contributed by atoms with Crippen LogP contribution in [-0.2, 0) is 4.99 Å². The number of hydrogen-bond donors (Lipinski definition) is 2. The summed E-state index contributed by atoms with van der Waals surface area (Å²) < 4.78 is 10.6. The fraction of sp³-hybridized carbons (Fsp3) is 0.263. The number of ether oxygens (including phenoxy) is 2. The number of rotatable bonds is 6. The molecule has 1 aliphatic rings. The van der Waals surface area contributed by atoms with Crippen LogP contribution in [0.25, 0.3) is 0 Å². The maximum absolute atomic E-state index is 11.2. The van der Waals surface area contributed by atoms with Crippen LogP contribution in [0.15, 0.2) is 53.6 Å². The van der Waals surface area contributed by atoms with E-state index in [-0.39, 0.29) is 11.6 Å². The van der Waals surface area contributed by atoms with E-state index >= 15 is 0 Å². The molecule has 1 aliphatic heterocycles. The maximum Gasteiger partial charge on any atom is 0.270 e. The Kier molecular flexibility index (Phi) is 5.29. The Labute approximate surface area is 161 Å². The van der Waals surface area contributed by atoms with Crippen LogP contribution in [0.2, 0.25) is 0 Å². The standard InChI is InChI=1S/C19H21N3O4S/c1-12(13-4-7-15(25-2)8-5-13)17-11-27-19(20,21-17)16-10-14(22(23)24)6-9-18(16)26-3/h4-12,21H,20H2,1-3H3. The van der Waals surface area contributed by atoms with Crippen molar-refractivity contribution >= 4 is 17.4 Å². The molecule has 8 heteroatoms. The van der Waals surface area contributed by atoms with Gasteiger partial charge in [-0.05, 0) is 29.2 Å². The van der Waals surface area contributed by atoms with Crippen molar-refractivity contribution in [1.29, 1.82) is 0 Å².